The summed E-state index contributed by atoms with van der Waals surface area (Å²) in [6.45, 7) is 1.96. The van der Waals surface area contributed by atoms with E-state index in [9.17, 15) is 10.2 Å². The molecule has 2 fully saturated rings. The number of aromatic nitrogens is 2. The molecular formula is C14H22N4O2. The van der Waals surface area contributed by atoms with Crippen molar-refractivity contribution in [3.05, 3.63) is 12.4 Å². The molecule has 0 bridgehead atoms. The number of nitrogens with one attached hydrogen (secondary N) is 2. The van der Waals surface area contributed by atoms with Gasteiger partial charge < -0.3 is 20.8 Å². The van der Waals surface area contributed by atoms with E-state index in [1.54, 1.807) is 0 Å². The predicted molar refractivity (Wildman–Crippen MR) is 76.5 cm³/mol. The highest BCUT2D eigenvalue weighted by Gasteiger charge is 2.42. The summed E-state index contributed by atoms with van der Waals surface area (Å²) in [6, 6.07) is 1.88. The van der Waals surface area contributed by atoms with Gasteiger partial charge in [0, 0.05) is 30.0 Å². The van der Waals surface area contributed by atoms with Gasteiger partial charge in [-0.1, -0.05) is 0 Å². The second kappa shape index (κ2) is 5.18. The molecule has 3 rings (SSSR count). The van der Waals surface area contributed by atoms with E-state index in [0.29, 0.717) is 0 Å². The number of nitrogens with zero attached hydrogens (tertiary/aromatic N) is 2. The lowest BCUT2D eigenvalue weighted by molar-refractivity contribution is 0.219. The first-order chi connectivity index (χ1) is 9.69. The molecule has 0 spiro atoms. The lowest BCUT2D eigenvalue weighted by Crippen LogP contribution is -2.21. The van der Waals surface area contributed by atoms with Gasteiger partial charge in [0.1, 0.15) is 18.0 Å². The molecule has 2 aliphatic carbocycles. The Morgan fingerprint density at radius 2 is 1.35 bits per heavy atom. The molecule has 2 saturated carbocycles. The summed E-state index contributed by atoms with van der Waals surface area (Å²) in [5.74, 6) is 1.55. The van der Waals surface area contributed by atoms with Gasteiger partial charge in [-0.2, -0.15) is 0 Å². The van der Waals surface area contributed by atoms with Crippen molar-refractivity contribution in [3.8, 4) is 0 Å². The fourth-order valence-electron chi connectivity index (χ4n) is 2.24. The zero-order valence-corrected chi connectivity index (χ0v) is 11.6. The lowest BCUT2D eigenvalue weighted by atomic mass is 10.1. The lowest BCUT2D eigenvalue weighted by Gasteiger charge is -2.15. The van der Waals surface area contributed by atoms with Gasteiger partial charge in [-0.15, -0.1) is 0 Å². The van der Waals surface area contributed by atoms with Crippen molar-refractivity contribution in [2.24, 2.45) is 10.8 Å². The van der Waals surface area contributed by atoms with Gasteiger partial charge in [0.2, 0.25) is 0 Å². The van der Waals surface area contributed by atoms with Gasteiger partial charge in [-0.25, -0.2) is 9.97 Å². The van der Waals surface area contributed by atoms with Crippen molar-refractivity contribution in [1.29, 1.82) is 0 Å². The third-order valence-electron chi connectivity index (χ3n) is 4.54. The summed E-state index contributed by atoms with van der Waals surface area (Å²) in [5, 5.41) is 25.1. The van der Waals surface area contributed by atoms with E-state index in [0.717, 1.165) is 50.4 Å². The Labute approximate surface area is 118 Å². The van der Waals surface area contributed by atoms with E-state index in [1.165, 1.54) is 6.33 Å². The average molecular weight is 278 g/mol. The molecule has 6 heteroatoms. The van der Waals surface area contributed by atoms with Gasteiger partial charge >= 0.3 is 0 Å². The SMILES string of the molecule is OCC1(CNc2cc(NCC3(CO)CC3)ncn2)CC1. The monoisotopic (exact) mass is 278 g/mol. The Morgan fingerprint density at radius 3 is 1.70 bits per heavy atom. The summed E-state index contributed by atoms with van der Waals surface area (Å²) >= 11 is 0. The molecule has 20 heavy (non-hydrogen) atoms. The number of anilines is 2. The van der Waals surface area contributed by atoms with Crippen LogP contribution in [0.15, 0.2) is 12.4 Å². The molecule has 1 aromatic heterocycles. The number of rotatable bonds is 8. The van der Waals surface area contributed by atoms with Crippen LogP contribution in [0.25, 0.3) is 0 Å². The van der Waals surface area contributed by atoms with Gasteiger partial charge in [0.15, 0.2) is 0 Å². The maximum Gasteiger partial charge on any atom is 0.131 e. The van der Waals surface area contributed by atoms with Crippen molar-refractivity contribution >= 4 is 11.6 Å². The number of hydrogen-bond acceptors (Lipinski definition) is 6. The Balaban J connectivity index is 1.53. The fraction of sp³-hybridized carbons (Fsp3) is 0.714. The first-order valence-electron chi connectivity index (χ1n) is 7.21. The smallest absolute Gasteiger partial charge is 0.131 e. The van der Waals surface area contributed by atoms with Crippen molar-refractivity contribution in [2.45, 2.75) is 25.7 Å². The molecule has 0 saturated heterocycles. The highest BCUT2D eigenvalue weighted by molar-refractivity contribution is 5.47. The maximum absolute atomic E-state index is 9.29. The van der Waals surface area contributed by atoms with E-state index < -0.39 is 0 Å². The van der Waals surface area contributed by atoms with Crippen LogP contribution in [0.3, 0.4) is 0 Å². The van der Waals surface area contributed by atoms with Gasteiger partial charge in [0.05, 0.1) is 13.2 Å². The number of aliphatic hydroxyl groups excluding tert-OH is 2. The first kappa shape index (κ1) is 13.6. The molecule has 2 aliphatic rings. The molecule has 1 heterocycles. The molecule has 0 radical (unpaired) electrons. The largest absolute Gasteiger partial charge is 0.396 e. The van der Waals surface area contributed by atoms with Crippen LogP contribution in [0.5, 0.6) is 0 Å². The maximum atomic E-state index is 9.29. The summed E-state index contributed by atoms with van der Waals surface area (Å²) in [6.07, 6.45) is 5.83. The molecule has 110 valence electrons. The summed E-state index contributed by atoms with van der Waals surface area (Å²) in [7, 11) is 0. The van der Waals surface area contributed by atoms with E-state index in [4.69, 9.17) is 0 Å². The molecular weight excluding hydrogens is 256 g/mol. The molecule has 0 unspecified atom stereocenters. The van der Waals surface area contributed by atoms with E-state index in [-0.39, 0.29) is 24.0 Å². The predicted octanol–water partition coefficient (Wildman–Crippen LogP) is 0.845. The highest BCUT2D eigenvalue weighted by Crippen LogP contribution is 2.45. The Hall–Kier alpha value is -1.40. The Morgan fingerprint density at radius 1 is 0.900 bits per heavy atom. The first-order valence-corrected chi connectivity index (χ1v) is 7.21. The minimum absolute atomic E-state index is 0.0630. The second-order valence-corrected chi connectivity index (χ2v) is 6.31. The summed E-state index contributed by atoms with van der Waals surface area (Å²) in [4.78, 5) is 8.38. The molecule has 1 aromatic rings. The van der Waals surface area contributed by atoms with Gasteiger partial charge in [-0.3, -0.25) is 0 Å². The van der Waals surface area contributed by atoms with Crippen LogP contribution in [0, 0.1) is 10.8 Å². The normalized spacial score (nSPS) is 21.3. The Bertz CT molecular complexity index is 433. The molecule has 0 atom stereocenters. The van der Waals surface area contributed by atoms with Crippen LogP contribution >= 0.6 is 0 Å². The van der Waals surface area contributed by atoms with Crippen LogP contribution in [0.2, 0.25) is 0 Å². The van der Waals surface area contributed by atoms with Crippen molar-refractivity contribution in [3.63, 3.8) is 0 Å². The van der Waals surface area contributed by atoms with Crippen molar-refractivity contribution in [1.82, 2.24) is 9.97 Å². The molecule has 6 nitrogen and oxygen atoms in total. The second-order valence-electron chi connectivity index (χ2n) is 6.31. The van der Waals surface area contributed by atoms with E-state index in [1.807, 2.05) is 6.07 Å². The van der Waals surface area contributed by atoms with Crippen LogP contribution in [-0.2, 0) is 0 Å². The third-order valence-corrected chi connectivity index (χ3v) is 4.54. The Kier molecular flexibility index (Phi) is 3.52. The van der Waals surface area contributed by atoms with Crippen molar-refractivity contribution < 1.29 is 10.2 Å². The molecule has 0 aromatic carbocycles. The zero-order chi connectivity index (χ0) is 14.1. The van der Waals surface area contributed by atoms with Crippen molar-refractivity contribution in [2.75, 3.05) is 36.9 Å². The summed E-state index contributed by atoms with van der Waals surface area (Å²) in [5.41, 5.74) is 0.126. The average Bonchev–Trinajstić information content (AvgIpc) is 3.39. The zero-order valence-electron chi connectivity index (χ0n) is 11.6. The standard InChI is InChI=1S/C14H22N4O2/c19-8-13(1-2-13)6-15-11-5-12(18-10-17-11)16-7-14(9-20)3-4-14/h5,10,19-20H,1-4,6-9H2,(H2,15,16,17,18). The van der Waals surface area contributed by atoms with Crippen LogP contribution in [0.4, 0.5) is 11.6 Å². The minimum Gasteiger partial charge on any atom is -0.396 e. The van der Waals surface area contributed by atoms with Crippen LogP contribution in [0.1, 0.15) is 25.7 Å². The molecule has 0 amide bonds. The highest BCUT2D eigenvalue weighted by atomic mass is 16.3. The van der Waals surface area contributed by atoms with Crippen LogP contribution < -0.4 is 10.6 Å². The van der Waals surface area contributed by atoms with Gasteiger partial charge in [-0.05, 0) is 25.7 Å². The molecule has 4 N–H and O–H groups in total. The van der Waals surface area contributed by atoms with Crippen LogP contribution in [-0.4, -0.2) is 46.5 Å². The van der Waals surface area contributed by atoms with E-state index in [2.05, 4.69) is 20.6 Å². The topological polar surface area (TPSA) is 90.3 Å². The quantitative estimate of drug-likeness (QED) is 0.563. The molecule has 0 aliphatic heterocycles. The number of aliphatic hydroxyl groups is 2. The van der Waals surface area contributed by atoms with Gasteiger partial charge in [0.25, 0.3) is 0 Å². The van der Waals surface area contributed by atoms with E-state index >= 15 is 0 Å². The third kappa shape index (κ3) is 3.02. The number of hydrogen-bond donors (Lipinski definition) is 4. The summed E-state index contributed by atoms with van der Waals surface area (Å²) < 4.78 is 0. The minimum atomic E-state index is 0.0630. The fourth-order valence-corrected chi connectivity index (χ4v) is 2.24.